The molecular formula is C15H30N2. The van der Waals surface area contributed by atoms with Gasteiger partial charge in [-0.25, -0.2) is 0 Å². The lowest BCUT2D eigenvalue weighted by molar-refractivity contribution is 0.0554. The average Bonchev–Trinajstić information content (AvgIpc) is 2.37. The lowest BCUT2D eigenvalue weighted by Crippen LogP contribution is -2.50. The van der Waals surface area contributed by atoms with Crippen molar-refractivity contribution >= 4 is 0 Å². The lowest BCUT2D eigenvalue weighted by Gasteiger charge is -2.45. The summed E-state index contributed by atoms with van der Waals surface area (Å²) in [4.78, 5) is 2.73. The summed E-state index contributed by atoms with van der Waals surface area (Å²) in [6.45, 7) is 4.72. The fourth-order valence-corrected chi connectivity index (χ4v) is 3.81. The fourth-order valence-electron chi connectivity index (χ4n) is 3.81. The fraction of sp³-hybridized carbons (Fsp3) is 1.00. The number of hydrogen-bond donors (Lipinski definition) is 1. The number of nitrogens with zero attached hydrogens (tertiary/aromatic N) is 1. The molecule has 2 N–H and O–H groups in total. The predicted molar refractivity (Wildman–Crippen MR) is 74.1 cm³/mol. The molecule has 2 fully saturated rings. The van der Waals surface area contributed by atoms with E-state index in [2.05, 4.69) is 11.8 Å². The molecule has 1 saturated carbocycles. The van der Waals surface area contributed by atoms with Crippen LogP contribution in [-0.2, 0) is 0 Å². The second-order valence-electron chi connectivity index (χ2n) is 6.15. The van der Waals surface area contributed by atoms with Crippen molar-refractivity contribution in [2.24, 2.45) is 11.7 Å². The molecular weight excluding hydrogens is 208 g/mol. The highest BCUT2D eigenvalue weighted by molar-refractivity contribution is 4.88. The van der Waals surface area contributed by atoms with Crippen LogP contribution in [0.1, 0.15) is 64.7 Å². The Hall–Kier alpha value is -0.0800. The zero-order chi connectivity index (χ0) is 12.1. The maximum Gasteiger partial charge on any atom is 0.0167 e. The molecule has 2 rings (SSSR count). The van der Waals surface area contributed by atoms with Crippen LogP contribution in [0.3, 0.4) is 0 Å². The van der Waals surface area contributed by atoms with Crippen LogP contribution in [0.2, 0.25) is 0 Å². The van der Waals surface area contributed by atoms with Crippen LogP contribution in [-0.4, -0.2) is 30.1 Å². The minimum atomic E-state index is 0.413. The Bertz CT molecular complexity index is 215. The largest absolute Gasteiger partial charge is 0.327 e. The van der Waals surface area contributed by atoms with E-state index in [0.29, 0.717) is 6.04 Å². The number of fused-ring (bicyclic) bond motifs is 1. The van der Waals surface area contributed by atoms with Crippen molar-refractivity contribution in [3.05, 3.63) is 0 Å². The van der Waals surface area contributed by atoms with Crippen molar-refractivity contribution in [2.45, 2.75) is 76.8 Å². The molecule has 0 amide bonds. The van der Waals surface area contributed by atoms with E-state index in [-0.39, 0.29) is 0 Å². The van der Waals surface area contributed by atoms with Crippen LogP contribution < -0.4 is 5.73 Å². The number of rotatable bonds is 5. The molecule has 1 aliphatic heterocycles. The minimum absolute atomic E-state index is 0.413. The number of hydrogen-bond acceptors (Lipinski definition) is 2. The summed E-state index contributed by atoms with van der Waals surface area (Å²) in [5.41, 5.74) is 6.27. The third kappa shape index (κ3) is 3.69. The number of unbranched alkanes of at least 4 members (excludes halogenated alkanes) is 1. The molecule has 2 nitrogen and oxygen atoms in total. The molecule has 0 bridgehead atoms. The second-order valence-corrected chi connectivity index (χ2v) is 6.15. The molecule has 3 atom stereocenters. The predicted octanol–water partition coefficient (Wildman–Crippen LogP) is 3.16. The molecule has 1 saturated heterocycles. The molecule has 3 unspecified atom stereocenters. The van der Waals surface area contributed by atoms with Gasteiger partial charge in [0, 0.05) is 18.6 Å². The van der Waals surface area contributed by atoms with Crippen molar-refractivity contribution in [1.82, 2.24) is 4.90 Å². The van der Waals surface area contributed by atoms with Gasteiger partial charge in [-0.2, -0.15) is 0 Å². The van der Waals surface area contributed by atoms with Gasteiger partial charge < -0.3 is 5.73 Å². The van der Waals surface area contributed by atoms with E-state index < -0.39 is 0 Å². The monoisotopic (exact) mass is 238 g/mol. The van der Waals surface area contributed by atoms with Gasteiger partial charge in [-0.1, -0.05) is 32.6 Å². The standard InChI is InChI=1S/C15H30N2/c1-2-3-9-14(16)12-17-11-6-8-13-7-4-5-10-15(13)17/h13-15H,2-12,16H2,1H3. The van der Waals surface area contributed by atoms with E-state index >= 15 is 0 Å². The smallest absolute Gasteiger partial charge is 0.0167 e. The Kier molecular flexibility index (Phi) is 5.30. The molecule has 0 radical (unpaired) electrons. The van der Waals surface area contributed by atoms with Crippen LogP contribution in [0.5, 0.6) is 0 Å². The zero-order valence-corrected chi connectivity index (χ0v) is 11.5. The van der Waals surface area contributed by atoms with E-state index in [1.54, 1.807) is 0 Å². The van der Waals surface area contributed by atoms with Gasteiger partial charge in [-0.05, 0) is 44.6 Å². The first-order chi connectivity index (χ1) is 8.31. The first-order valence-electron chi connectivity index (χ1n) is 7.81. The summed E-state index contributed by atoms with van der Waals surface area (Å²) < 4.78 is 0. The zero-order valence-electron chi connectivity index (χ0n) is 11.5. The van der Waals surface area contributed by atoms with Gasteiger partial charge in [0.1, 0.15) is 0 Å². The quantitative estimate of drug-likeness (QED) is 0.797. The van der Waals surface area contributed by atoms with Crippen LogP contribution in [0.4, 0.5) is 0 Å². The molecule has 2 heteroatoms. The van der Waals surface area contributed by atoms with Gasteiger partial charge >= 0.3 is 0 Å². The van der Waals surface area contributed by atoms with E-state index in [1.165, 1.54) is 64.3 Å². The van der Waals surface area contributed by atoms with Gasteiger partial charge in [0.25, 0.3) is 0 Å². The maximum atomic E-state index is 6.27. The Morgan fingerprint density at radius 1 is 1.18 bits per heavy atom. The maximum absolute atomic E-state index is 6.27. The molecule has 0 aromatic rings. The van der Waals surface area contributed by atoms with E-state index in [9.17, 15) is 0 Å². The van der Waals surface area contributed by atoms with Gasteiger partial charge in [-0.3, -0.25) is 4.90 Å². The lowest BCUT2D eigenvalue weighted by atomic mass is 9.78. The van der Waals surface area contributed by atoms with Crippen molar-refractivity contribution in [1.29, 1.82) is 0 Å². The first kappa shape index (κ1) is 13.4. The molecule has 2 aliphatic rings. The summed E-state index contributed by atoms with van der Waals surface area (Å²) in [6, 6.07) is 1.29. The molecule has 1 aliphatic carbocycles. The van der Waals surface area contributed by atoms with Crippen molar-refractivity contribution < 1.29 is 0 Å². The molecule has 100 valence electrons. The van der Waals surface area contributed by atoms with E-state index in [1.807, 2.05) is 0 Å². The normalized spacial score (nSPS) is 32.1. The topological polar surface area (TPSA) is 29.3 Å². The van der Waals surface area contributed by atoms with Gasteiger partial charge in [0.15, 0.2) is 0 Å². The van der Waals surface area contributed by atoms with Crippen molar-refractivity contribution in [2.75, 3.05) is 13.1 Å². The Labute approximate surface area is 107 Å². The third-order valence-electron chi connectivity index (χ3n) is 4.76. The van der Waals surface area contributed by atoms with Crippen LogP contribution in [0, 0.1) is 5.92 Å². The SMILES string of the molecule is CCCCC(N)CN1CCCC2CCCCC21. The Morgan fingerprint density at radius 2 is 1.94 bits per heavy atom. The second kappa shape index (κ2) is 6.75. The Balaban J connectivity index is 1.81. The first-order valence-corrected chi connectivity index (χ1v) is 7.81. The van der Waals surface area contributed by atoms with E-state index in [0.717, 1.165) is 18.5 Å². The molecule has 17 heavy (non-hydrogen) atoms. The molecule has 0 spiro atoms. The van der Waals surface area contributed by atoms with Gasteiger partial charge in [0.2, 0.25) is 0 Å². The van der Waals surface area contributed by atoms with Crippen LogP contribution in [0.25, 0.3) is 0 Å². The van der Waals surface area contributed by atoms with Crippen molar-refractivity contribution in [3.63, 3.8) is 0 Å². The van der Waals surface area contributed by atoms with Crippen molar-refractivity contribution in [3.8, 4) is 0 Å². The third-order valence-corrected chi connectivity index (χ3v) is 4.76. The number of nitrogens with two attached hydrogens (primary N) is 1. The average molecular weight is 238 g/mol. The highest BCUT2D eigenvalue weighted by atomic mass is 15.2. The number of piperidine rings is 1. The molecule has 1 heterocycles. The highest BCUT2D eigenvalue weighted by Crippen LogP contribution is 2.35. The van der Waals surface area contributed by atoms with Gasteiger partial charge in [0.05, 0.1) is 0 Å². The summed E-state index contributed by atoms with van der Waals surface area (Å²) in [7, 11) is 0. The molecule has 0 aromatic heterocycles. The summed E-state index contributed by atoms with van der Waals surface area (Å²) in [5, 5.41) is 0. The minimum Gasteiger partial charge on any atom is -0.327 e. The molecule has 0 aromatic carbocycles. The summed E-state index contributed by atoms with van der Waals surface area (Å²) in [5.74, 6) is 0.996. The summed E-state index contributed by atoms with van der Waals surface area (Å²) in [6.07, 6.45) is 12.5. The van der Waals surface area contributed by atoms with E-state index in [4.69, 9.17) is 5.73 Å². The van der Waals surface area contributed by atoms with Crippen LogP contribution in [0.15, 0.2) is 0 Å². The number of likely N-dealkylation sites (tertiary alicyclic amines) is 1. The Morgan fingerprint density at radius 3 is 2.76 bits per heavy atom. The highest BCUT2D eigenvalue weighted by Gasteiger charge is 2.33. The van der Waals surface area contributed by atoms with Gasteiger partial charge in [-0.15, -0.1) is 0 Å². The summed E-state index contributed by atoms with van der Waals surface area (Å²) >= 11 is 0. The van der Waals surface area contributed by atoms with Crippen LogP contribution >= 0.6 is 0 Å².